The molecule has 0 fully saturated rings. The van der Waals surface area contributed by atoms with Crippen LogP contribution in [0.4, 0.5) is 17.5 Å². The highest BCUT2D eigenvalue weighted by atomic mass is 35.5. The zero-order chi connectivity index (χ0) is 24.8. The summed E-state index contributed by atoms with van der Waals surface area (Å²) in [4.78, 5) is 12.4. The number of allylic oxidation sites excluding steroid dienone is 3. The van der Waals surface area contributed by atoms with Gasteiger partial charge in [0.05, 0.1) is 25.4 Å². The van der Waals surface area contributed by atoms with Gasteiger partial charge in [0.25, 0.3) is 0 Å². The second-order valence-electron chi connectivity index (χ2n) is 8.59. The molecule has 1 aliphatic carbocycles. The Labute approximate surface area is 217 Å². The number of hydrogen-bond donors (Lipinski definition) is 2. The lowest BCUT2D eigenvalue weighted by Gasteiger charge is -2.25. The van der Waals surface area contributed by atoms with Gasteiger partial charge in [0, 0.05) is 35.9 Å². The molecule has 4 rings (SSSR count). The van der Waals surface area contributed by atoms with Gasteiger partial charge in [0.2, 0.25) is 5.95 Å². The molecule has 0 amide bonds. The van der Waals surface area contributed by atoms with Crippen molar-refractivity contribution in [3.05, 3.63) is 57.2 Å². The van der Waals surface area contributed by atoms with Gasteiger partial charge in [-0.3, -0.25) is 0 Å². The first-order valence-corrected chi connectivity index (χ1v) is 13.2. The molecule has 1 aliphatic heterocycles. The van der Waals surface area contributed by atoms with Crippen molar-refractivity contribution in [2.24, 2.45) is 0 Å². The molecule has 0 saturated heterocycles. The maximum absolute atomic E-state index is 6.55. The van der Waals surface area contributed by atoms with E-state index >= 15 is 0 Å². The highest BCUT2D eigenvalue weighted by molar-refractivity contribution is 8.03. The van der Waals surface area contributed by atoms with Gasteiger partial charge in [-0.05, 0) is 48.7 Å². The van der Waals surface area contributed by atoms with Crippen molar-refractivity contribution in [2.45, 2.75) is 51.3 Å². The first-order chi connectivity index (χ1) is 17.0. The number of fused-ring (bicyclic) bond motifs is 1. The topological polar surface area (TPSA) is 62.3 Å². The van der Waals surface area contributed by atoms with Crippen molar-refractivity contribution in [1.82, 2.24) is 15.3 Å². The number of halogens is 1. The molecule has 2 N–H and O–H groups in total. The summed E-state index contributed by atoms with van der Waals surface area (Å²) in [6.45, 7) is 6.26. The van der Waals surface area contributed by atoms with Crippen molar-refractivity contribution in [3.8, 4) is 17.6 Å². The van der Waals surface area contributed by atoms with E-state index in [1.165, 1.54) is 16.0 Å². The van der Waals surface area contributed by atoms with Crippen molar-refractivity contribution in [1.29, 1.82) is 0 Å². The van der Waals surface area contributed by atoms with E-state index in [1.54, 1.807) is 13.3 Å². The predicted octanol–water partition coefficient (Wildman–Crippen LogP) is 6.06. The molecule has 35 heavy (non-hydrogen) atoms. The molecule has 6 nitrogen and oxygen atoms in total. The summed E-state index contributed by atoms with van der Waals surface area (Å²) in [5, 5.41) is 7.85. The molecule has 184 valence electrons. The van der Waals surface area contributed by atoms with Crippen molar-refractivity contribution in [3.63, 3.8) is 0 Å². The van der Waals surface area contributed by atoms with Crippen LogP contribution in [0, 0.1) is 11.8 Å². The summed E-state index contributed by atoms with van der Waals surface area (Å²) in [6.07, 6.45) is 9.35. The van der Waals surface area contributed by atoms with Gasteiger partial charge in [0.1, 0.15) is 10.8 Å². The van der Waals surface area contributed by atoms with Crippen LogP contribution >= 0.6 is 23.4 Å². The lowest BCUT2D eigenvalue weighted by Crippen LogP contribution is -2.24. The Morgan fingerprint density at radius 1 is 1.31 bits per heavy atom. The van der Waals surface area contributed by atoms with E-state index in [-0.39, 0.29) is 0 Å². The summed E-state index contributed by atoms with van der Waals surface area (Å²) in [6, 6.07) is 4.28. The van der Waals surface area contributed by atoms with Gasteiger partial charge in [-0.2, -0.15) is 4.98 Å². The Balaban J connectivity index is 1.67. The van der Waals surface area contributed by atoms with Crippen molar-refractivity contribution < 1.29 is 4.74 Å². The molecule has 8 heteroatoms. The number of rotatable bonds is 8. The Bertz CT molecular complexity index is 1200. The normalized spacial score (nSPS) is 18.9. The molecular formula is C27H32ClN5OS. The molecule has 0 radical (unpaired) electrons. The van der Waals surface area contributed by atoms with Gasteiger partial charge >= 0.3 is 0 Å². The van der Waals surface area contributed by atoms with Crippen LogP contribution in [-0.4, -0.2) is 35.9 Å². The molecule has 0 saturated carbocycles. The van der Waals surface area contributed by atoms with Crippen LogP contribution in [0.2, 0.25) is 5.02 Å². The highest BCUT2D eigenvalue weighted by Gasteiger charge is 2.20. The number of methoxy groups -OCH3 is 1. The summed E-state index contributed by atoms with van der Waals surface area (Å²) in [5.41, 5.74) is 4.51. The standard InChI is InChI=1S/C27H32ClN5OS/c1-5-18(2)35-25-11-9-7-6-8-10-22(25)31-26-21(28)17-30-27(32-26)33(3)23-14-19-12-13-29-16-20(19)15-24(23)34-4/h9,11,14-15,17-18,29H,5,7,10,12-13,16H2,1-4H3,(H,30,31,32)/b11-9-,25-22-. The Kier molecular flexibility index (Phi) is 8.61. The van der Waals surface area contributed by atoms with E-state index in [9.17, 15) is 0 Å². The monoisotopic (exact) mass is 509 g/mol. The second-order valence-corrected chi connectivity index (χ2v) is 10.5. The summed E-state index contributed by atoms with van der Waals surface area (Å²) >= 11 is 8.40. The van der Waals surface area contributed by atoms with E-state index in [2.05, 4.69) is 65.6 Å². The third kappa shape index (κ3) is 6.13. The number of nitrogens with one attached hydrogen (secondary N) is 2. The van der Waals surface area contributed by atoms with E-state index in [1.807, 2.05) is 23.7 Å². The molecule has 0 spiro atoms. The van der Waals surface area contributed by atoms with Crippen molar-refractivity contribution in [2.75, 3.05) is 30.9 Å². The van der Waals surface area contributed by atoms with Crippen molar-refractivity contribution >= 4 is 40.8 Å². The molecule has 2 aliphatic rings. The number of aromatic nitrogens is 2. The van der Waals surface area contributed by atoms with Crippen LogP contribution in [0.25, 0.3) is 0 Å². The van der Waals surface area contributed by atoms with Gasteiger partial charge in [0.15, 0.2) is 5.82 Å². The fourth-order valence-electron chi connectivity index (χ4n) is 3.93. The lowest BCUT2D eigenvalue weighted by molar-refractivity contribution is 0.414. The van der Waals surface area contributed by atoms with Gasteiger partial charge in [-0.25, -0.2) is 4.98 Å². The molecule has 1 aromatic heterocycles. The van der Waals surface area contributed by atoms with E-state index in [0.717, 1.165) is 49.5 Å². The summed E-state index contributed by atoms with van der Waals surface area (Å²) in [7, 11) is 3.64. The fourth-order valence-corrected chi connectivity index (χ4v) is 5.11. The number of anilines is 3. The van der Waals surface area contributed by atoms with Crippen LogP contribution in [0.5, 0.6) is 5.75 Å². The zero-order valence-electron chi connectivity index (χ0n) is 20.7. The minimum Gasteiger partial charge on any atom is -0.495 e. The predicted molar refractivity (Wildman–Crippen MR) is 148 cm³/mol. The van der Waals surface area contributed by atoms with Crippen LogP contribution in [-0.2, 0) is 13.0 Å². The molecule has 0 bridgehead atoms. The van der Waals surface area contributed by atoms with Crippen LogP contribution in [0.1, 0.15) is 44.2 Å². The van der Waals surface area contributed by atoms with Crippen LogP contribution in [0.15, 0.2) is 41.1 Å². The number of hydrogen-bond acceptors (Lipinski definition) is 7. The highest BCUT2D eigenvalue weighted by Crippen LogP contribution is 2.36. The smallest absolute Gasteiger partial charge is 0.231 e. The number of nitrogens with zero attached hydrogens (tertiary/aromatic N) is 3. The quantitative estimate of drug-likeness (QED) is 0.419. The average Bonchev–Trinajstić information content (AvgIpc) is 2.87. The summed E-state index contributed by atoms with van der Waals surface area (Å²) in [5.74, 6) is 8.33. The Hall–Kier alpha value is -2.66. The first-order valence-electron chi connectivity index (χ1n) is 12.0. The maximum atomic E-state index is 6.55. The third-order valence-electron chi connectivity index (χ3n) is 6.13. The molecule has 1 aromatic carbocycles. The number of benzene rings is 1. The SMILES string of the molecule is CCC(C)SC1=C(\Nc2nc(N(C)c3cc4c(cc3OC)CNCC4)ncc2Cl)CC#CC/C=C\1. The largest absolute Gasteiger partial charge is 0.495 e. The van der Waals surface area contributed by atoms with E-state index < -0.39 is 0 Å². The first kappa shape index (κ1) is 25.4. The number of ether oxygens (including phenoxy) is 1. The Morgan fingerprint density at radius 2 is 2.17 bits per heavy atom. The second kappa shape index (κ2) is 11.9. The zero-order valence-corrected chi connectivity index (χ0v) is 22.3. The van der Waals surface area contributed by atoms with E-state index in [4.69, 9.17) is 21.3 Å². The minimum absolute atomic E-state index is 0.463. The third-order valence-corrected chi connectivity index (χ3v) is 7.78. The van der Waals surface area contributed by atoms with Crippen LogP contribution < -0.4 is 20.3 Å². The maximum Gasteiger partial charge on any atom is 0.231 e. The lowest BCUT2D eigenvalue weighted by atomic mass is 9.99. The fraction of sp³-hybridized carbons (Fsp3) is 0.407. The van der Waals surface area contributed by atoms with Gasteiger partial charge in [-0.1, -0.05) is 43.4 Å². The molecule has 2 aromatic rings. The molecule has 1 unspecified atom stereocenters. The van der Waals surface area contributed by atoms with Gasteiger partial charge < -0.3 is 20.3 Å². The average molecular weight is 510 g/mol. The minimum atomic E-state index is 0.463. The molecule has 1 atom stereocenters. The summed E-state index contributed by atoms with van der Waals surface area (Å²) < 4.78 is 5.72. The molecular weight excluding hydrogens is 478 g/mol. The van der Waals surface area contributed by atoms with E-state index in [0.29, 0.717) is 28.5 Å². The Morgan fingerprint density at radius 3 is 2.97 bits per heavy atom. The molecule has 2 heterocycles. The number of thioether (sulfide) groups is 1. The van der Waals surface area contributed by atoms with Crippen LogP contribution in [0.3, 0.4) is 0 Å². The van der Waals surface area contributed by atoms with Gasteiger partial charge in [-0.15, -0.1) is 11.8 Å².